The lowest BCUT2D eigenvalue weighted by molar-refractivity contribution is 0.222. The lowest BCUT2D eigenvalue weighted by Crippen LogP contribution is -2.06. The summed E-state index contributed by atoms with van der Waals surface area (Å²) < 4.78 is 5.61. The Balaban J connectivity index is 2.18. The van der Waals surface area contributed by atoms with Crippen LogP contribution in [0.3, 0.4) is 0 Å². The number of benzene rings is 1. The van der Waals surface area contributed by atoms with Crippen molar-refractivity contribution >= 4 is 11.3 Å². The summed E-state index contributed by atoms with van der Waals surface area (Å²) in [6.45, 7) is 6.11. The van der Waals surface area contributed by atoms with Gasteiger partial charge in [-0.25, -0.2) is 0 Å². The molecule has 2 nitrogen and oxygen atoms in total. The quantitative estimate of drug-likeness (QED) is 0.887. The summed E-state index contributed by atoms with van der Waals surface area (Å²) in [5.74, 6) is 0.841. The van der Waals surface area contributed by atoms with Crippen LogP contribution in [-0.4, -0.2) is 11.2 Å². The third-order valence-electron chi connectivity index (χ3n) is 2.98. The molecule has 0 amide bonds. The molecule has 0 saturated carbocycles. The van der Waals surface area contributed by atoms with Crippen molar-refractivity contribution in [2.75, 3.05) is 0 Å². The second-order valence-electron chi connectivity index (χ2n) is 4.80. The van der Waals surface area contributed by atoms with E-state index in [2.05, 4.69) is 13.0 Å². The van der Waals surface area contributed by atoms with Crippen LogP contribution in [0.2, 0.25) is 0 Å². The van der Waals surface area contributed by atoms with Crippen molar-refractivity contribution in [3.05, 3.63) is 51.7 Å². The van der Waals surface area contributed by atoms with E-state index in [1.165, 1.54) is 5.56 Å². The van der Waals surface area contributed by atoms with Gasteiger partial charge < -0.3 is 9.84 Å². The highest BCUT2D eigenvalue weighted by Gasteiger charge is 2.15. The molecule has 0 bridgehead atoms. The first-order valence-corrected chi connectivity index (χ1v) is 7.50. The highest BCUT2D eigenvalue weighted by Crippen LogP contribution is 2.30. The Labute approximate surface area is 118 Å². The molecule has 0 aliphatic heterocycles. The van der Waals surface area contributed by atoms with Crippen molar-refractivity contribution < 1.29 is 9.84 Å². The largest absolute Gasteiger partial charge is 0.491 e. The van der Waals surface area contributed by atoms with Gasteiger partial charge in [0.1, 0.15) is 11.9 Å². The molecule has 1 N–H and O–H groups in total. The maximum absolute atomic E-state index is 10.4. The van der Waals surface area contributed by atoms with E-state index in [9.17, 15) is 5.11 Å². The van der Waals surface area contributed by atoms with Crippen LogP contribution in [0.15, 0.2) is 35.7 Å². The summed E-state index contributed by atoms with van der Waals surface area (Å²) in [6, 6.07) is 9.78. The van der Waals surface area contributed by atoms with Gasteiger partial charge in [0.25, 0.3) is 0 Å². The molecule has 3 heteroatoms. The first-order valence-electron chi connectivity index (χ1n) is 6.62. The van der Waals surface area contributed by atoms with E-state index in [1.54, 1.807) is 11.3 Å². The molecule has 1 unspecified atom stereocenters. The minimum absolute atomic E-state index is 0.166. The molecule has 2 aromatic rings. The summed E-state index contributed by atoms with van der Waals surface area (Å²) in [5.41, 5.74) is 2.13. The Morgan fingerprint density at radius 1 is 1.16 bits per heavy atom. The Kier molecular flexibility index (Phi) is 4.61. The highest BCUT2D eigenvalue weighted by molar-refractivity contribution is 7.10. The fraction of sp³-hybridized carbons (Fsp3) is 0.375. The number of rotatable bonds is 5. The van der Waals surface area contributed by atoms with E-state index in [-0.39, 0.29) is 6.10 Å². The second-order valence-corrected chi connectivity index (χ2v) is 5.75. The monoisotopic (exact) mass is 276 g/mol. The van der Waals surface area contributed by atoms with Gasteiger partial charge in [0.2, 0.25) is 0 Å². The van der Waals surface area contributed by atoms with Gasteiger partial charge in [-0.05, 0) is 55.0 Å². The number of aliphatic hydroxyl groups is 1. The lowest BCUT2D eigenvalue weighted by Gasteiger charge is -2.13. The van der Waals surface area contributed by atoms with Crippen molar-refractivity contribution in [2.45, 2.75) is 39.4 Å². The normalized spacial score (nSPS) is 12.7. The molecule has 102 valence electrons. The zero-order valence-corrected chi connectivity index (χ0v) is 12.4. The van der Waals surface area contributed by atoms with Crippen LogP contribution in [0.4, 0.5) is 0 Å². The Morgan fingerprint density at radius 2 is 1.84 bits per heavy atom. The first kappa shape index (κ1) is 14.1. The Bertz CT molecular complexity index is 514. The number of aliphatic hydroxyl groups excluding tert-OH is 1. The molecule has 2 rings (SSSR count). The van der Waals surface area contributed by atoms with Crippen LogP contribution in [0, 0.1) is 0 Å². The molecule has 1 aromatic heterocycles. The van der Waals surface area contributed by atoms with Gasteiger partial charge in [0, 0.05) is 4.88 Å². The molecule has 1 atom stereocenters. The number of thiophene rings is 1. The fourth-order valence-corrected chi connectivity index (χ4v) is 3.04. The molecule has 0 aliphatic carbocycles. The number of hydrogen-bond donors (Lipinski definition) is 1. The molecule has 0 fully saturated rings. The van der Waals surface area contributed by atoms with Crippen LogP contribution in [0.1, 0.15) is 42.9 Å². The number of hydrogen-bond acceptors (Lipinski definition) is 3. The number of ether oxygens (including phenoxy) is 1. The lowest BCUT2D eigenvalue weighted by atomic mass is 10.0. The van der Waals surface area contributed by atoms with E-state index in [4.69, 9.17) is 4.74 Å². The van der Waals surface area contributed by atoms with Crippen LogP contribution in [0.25, 0.3) is 0 Å². The van der Waals surface area contributed by atoms with Crippen molar-refractivity contribution in [1.82, 2.24) is 0 Å². The van der Waals surface area contributed by atoms with Crippen molar-refractivity contribution in [1.29, 1.82) is 0 Å². The third-order valence-corrected chi connectivity index (χ3v) is 3.99. The van der Waals surface area contributed by atoms with Gasteiger partial charge in [0.05, 0.1) is 6.10 Å². The van der Waals surface area contributed by atoms with Crippen LogP contribution >= 0.6 is 11.3 Å². The molecule has 19 heavy (non-hydrogen) atoms. The van der Waals surface area contributed by atoms with Crippen molar-refractivity contribution in [3.8, 4) is 5.75 Å². The summed E-state index contributed by atoms with van der Waals surface area (Å²) in [4.78, 5) is 1.04. The van der Waals surface area contributed by atoms with Crippen LogP contribution in [0.5, 0.6) is 5.75 Å². The van der Waals surface area contributed by atoms with E-state index in [1.807, 2.05) is 43.5 Å². The van der Waals surface area contributed by atoms with Gasteiger partial charge in [-0.1, -0.05) is 19.1 Å². The maximum Gasteiger partial charge on any atom is 0.119 e. The minimum atomic E-state index is -0.539. The van der Waals surface area contributed by atoms with Crippen molar-refractivity contribution in [3.63, 3.8) is 0 Å². The molecular weight excluding hydrogens is 256 g/mol. The molecule has 1 aromatic carbocycles. The molecule has 0 saturated heterocycles. The smallest absolute Gasteiger partial charge is 0.119 e. The second kappa shape index (κ2) is 6.22. The van der Waals surface area contributed by atoms with Gasteiger partial charge >= 0.3 is 0 Å². The van der Waals surface area contributed by atoms with Gasteiger partial charge in [-0.3, -0.25) is 0 Å². The molecule has 0 radical (unpaired) electrons. The average Bonchev–Trinajstić information content (AvgIpc) is 2.86. The van der Waals surface area contributed by atoms with Gasteiger partial charge in [-0.2, -0.15) is 0 Å². The van der Waals surface area contributed by atoms with E-state index in [0.29, 0.717) is 0 Å². The highest BCUT2D eigenvalue weighted by atomic mass is 32.1. The van der Waals surface area contributed by atoms with E-state index in [0.717, 1.165) is 22.6 Å². The standard InChI is InChI=1S/C16H20O2S/c1-4-12-9-10-19-16(12)15(17)13-5-7-14(8-6-13)18-11(2)3/h5-11,15,17H,4H2,1-3H3. The average molecular weight is 276 g/mol. The molecule has 1 heterocycles. The zero-order valence-electron chi connectivity index (χ0n) is 11.6. The van der Waals surface area contributed by atoms with E-state index >= 15 is 0 Å². The fourth-order valence-electron chi connectivity index (χ4n) is 2.03. The first-order chi connectivity index (χ1) is 9.11. The van der Waals surface area contributed by atoms with Crippen LogP contribution < -0.4 is 4.74 Å². The Hall–Kier alpha value is -1.32. The van der Waals surface area contributed by atoms with Crippen LogP contribution in [-0.2, 0) is 6.42 Å². The zero-order chi connectivity index (χ0) is 13.8. The van der Waals surface area contributed by atoms with E-state index < -0.39 is 6.10 Å². The molecular formula is C16H20O2S. The third kappa shape index (κ3) is 3.37. The predicted octanol–water partition coefficient (Wildman–Crippen LogP) is 4.18. The summed E-state index contributed by atoms with van der Waals surface area (Å²) >= 11 is 1.61. The van der Waals surface area contributed by atoms with Gasteiger partial charge in [-0.15, -0.1) is 11.3 Å². The summed E-state index contributed by atoms with van der Waals surface area (Å²) in [6.07, 6.45) is 0.576. The minimum Gasteiger partial charge on any atom is -0.491 e. The molecule has 0 spiro atoms. The maximum atomic E-state index is 10.4. The predicted molar refractivity (Wildman–Crippen MR) is 80.0 cm³/mol. The summed E-state index contributed by atoms with van der Waals surface area (Å²) in [7, 11) is 0. The van der Waals surface area contributed by atoms with Gasteiger partial charge in [0.15, 0.2) is 0 Å². The topological polar surface area (TPSA) is 29.5 Å². The number of aryl methyl sites for hydroxylation is 1. The van der Waals surface area contributed by atoms with Crippen molar-refractivity contribution in [2.24, 2.45) is 0 Å². The SMILES string of the molecule is CCc1ccsc1C(O)c1ccc(OC(C)C)cc1. The molecule has 0 aliphatic rings. The Morgan fingerprint density at radius 3 is 2.42 bits per heavy atom. The summed E-state index contributed by atoms with van der Waals surface area (Å²) in [5, 5.41) is 12.5.